The van der Waals surface area contributed by atoms with Gasteiger partial charge in [0.1, 0.15) is 0 Å². The molecule has 6 heteroatoms. The Morgan fingerprint density at radius 3 is 2.19 bits per heavy atom. The molecule has 1 fully saturated rings. The largest absolute Gasteiger partial charge is 0.369 e. The minimum atomic E-state index is -3.63. The summed E-state index contributed by atoms with van der Waals surface area (Å²) in [5.41, 5.74) is 3.82. The minimum Gasteiger partial charge on any atom is -0.369 e. The first-order valence-corrected chi connectivity index (χ1v) is 10.6. The first kappa shape index (κ1) is 18.9. The van der Waals surface area contributed by atoms with Crippen molar-refractivity contribution in [2.24, 2.45) is 5.14 Å². The van der Waals surface area contributed by atoms with Crippen LogP contribution >= 0.6 is 0 Å². The Morgan fingerprint density at radius 2 is 1.62 bits per heavy atom. The fraction of sp³-hybridized carbons (Fsp3) is 0.400. The quantitative estimate of drug-likeness (QED) is 0.874. The molecule has 140 valence electrons. The SMILES string of the molecule is Cc1ccccc1C[C@@H](C)N1CCN(c2ccc(S(N)(=O)=O)cc2)CC1. The highest BCUT2D eigenvalue weighted by Crippen LogP contribution is 2.21. The van der Waals surface area contributed by atoms with Crippen LogP contribution in [0.4, 0.5) is 5.69 Å². The zero-order valence-electron chi connectivity index (χ0n) is 15.4. The van der Waals surface area contributed by atoms with Gasteiger partial charge in [-0.2, -0.15) is 0 Å². The van der Waals surface area contributed by atoms with Crippen molar-refractivity contribution < 1.29 is 8.42 Å². The second-order valence-corrected chi connectivity index (χ2v) is 8.60. The van der Waals surface area contributed by atoms with Gasteiger partial charge in [0, 0.05) is 37.9 Å². The summed E-state index contributed by atoms with van der Waals surface area (Å²) in [4.78, 5) is 4.98. The lowest BCUT2D eigenvalue weighted by molar-refractivity contribution is 0.196. The van der Waals surface area contributed by atoms with Crippen molar-refractivity contribution in [2.45, 2.75) is 31.2 Å². The second kappa shape index (κ2) is 7.78. The molecule has 0 saturated carbocycles. The van der Waals surface area contributed by atoms with Crippen LogP contribution in [0, 0.1) is 6.92 Å². The molecule has 3 rings (SSSR count). The molecule has 2 N–H and O–H groups in total. The average molecular weight is 374 g/mol. The van der Waals surface area contributed by atoms with Gasteiger partial charge >= 0.3 is 0 Å². The molecule has 1 aliphatic heterocycles. The Bertz CT molecular complexity index is 842. The predicted octanol–water partition coefficient (Wildman–Crippen LogP) is 2.40. The predicted molar refractivity (Wildman–Crippen MR) is 106 cm³/mol. The third-order valence-corrected chi connectivity index (χ3v) is 6.17. The van der Waals surface area contributed by atoms with Gasteiger partial charge in [-0.25, -0.2) is 13.6 Å². The molecule has 0 aliphatic carbocycles. The van der Waals surface area contributed by atoms with Gasteiger partial charge in [0.25, 0.3) is 0 Å². The van der Waals surface area contributed by atoms with Crippen LogP contribution < -0.4 is 10.0 Å². The summed E-state index contributed by atoms with van der Waals surface area (Å²) >= 11 is 0. The maximum Gasteiger partial charge on any atom is 0.238 e. The van der Waals surface area contributed by atoms with Gasteiger partial charge in [0.05, 0.1) is 4.90 Å². The van der Waals surface area contributed by atoms with Crippen molar-refractivity contribution in [3.05, 3.63) is 59.7 Å². The molecule has 0 unspecified atom stereocenters. The molecule has 1 atom stereocenters. The smallest absolute Gasteiger partial charge is 0.238 e. The number of nitrogens with zero attached hydrogens (tertiary/aromatic N) is 2. The van der Waals surface area contributed by atoms with Gasteiger partial charge in [-0.3, -0.25) is 4.90 Å². The third kappa shape index (κ3) is 4.44. The van der Waals surface area contributed by atoms with Crippen molar-refractivity contribution in [3.63, 3.8) is 0 Å². The summed E-state index contributed by atoms with van der Waals surface area (Å²) in [7, 11) is -3.63. The molecule has 2 aromatic carbocycles. The van der Waals surface area contributed by atoms with E-state index < -0.39 is 10.0 Å². The van der Waals surface area contributed by atoms with E-state index >= 15 is 0 Å². The highest BCUT2D eigenvalue weighted by Gasteiger charge is 2.22. The first-order valence-electron chi connectivity index (χ1n) is 9.01. The van der Waals surface area contributed by atoms with Crippen molar-refractivity contribution in [1.82, 2.24) is 4.90 Å². The standard InChI is InChI=1S/C20H27N3O2S/c1-16-5-3-4-6-18(16)15-17(2)22-11-13-23(14-12-22)19-7-9-20(10-8-19)26(21,24)25/h3-10,17H,11-15H2,1-2H3,(H2,21,24,25)/t17-/m1/s1. The molecule has 2 aromatic rings. The van der Waals surface area contributed by atoms with E-state index in [1.165, 1.54) is 11.1 Å². The summed E-state index contributed by atoms with van der Waals surface area (Å²) in [5, 5.41) is 5.16. The van der Waals surface area contributed by atoms with Crippen LogP contribution in [0.1, 0.15) is 18.1 Å². The number of nitrogens with two attached hydrogens (primary N) is 1. The van der Waals surface area contributed by atoms with Crippen LogP contribution in [0.5, 0.6) is 0 Å². The number of hydrogen-bond acceptors (Lipinski definition) is 4. The van der Waals surface area contributed by atoms with E-state index in [4.69, 9.17) is 5.14 Å². The zero-order chi connectivity index (χ0) is 18.7. The lowest BCUT2D eigenvalue weighted by Crippen LogP contribution is -2.50. The van der Waals surface area contributed by atoms with E-state index in [-0.39, 0.29) is 4.90 Å². The zero-order valence-corrected chi connectivity index (χ0v) is 16.2. The number of primary sulfonamides is 1. The Balaban J connectivity index is 1.58. The van der Waals surface area contributed by atoms with Crippen LogP contribution in [0.15, 0.2) is 53.4 Å². The number of sulfonamides is 1. The first-order chi connectivity index (χ1) is 12.3. The van der Waals surface area contributed by atoms with Gasteiger partial charge in [-0.05, 0) is 55.7 Å². The molecule has 0 spiro atoms. The topological polar surface area (TPSA) is 66.6 Å². The van der Waals surface area contributed by atoms with Crippen molar-refractivity contribution in [1.29, 1.82) is 0 Å². The fourth-order valence-electron chi connectivity index (χ4n) is 3.55. The molecule has 1 saturated heterocycles. The van der Waals surface area contributed by atoms with Crippen LogP contribution in [-0.2, 0) is 16.4 Å². The molecule has 1 aliphatic rings. The van der Waals surface area contributed by atoms with E-state index in [1.807, 2.05) is 12.1 Å². The molecule has 5 nitrogen and oxygen atoms in total. The summed E-state index contributed by atoms with van der Waals surface area (Å²) in [5.74, 6) is 0. The van der Waals surface area contributed by atoms with Gasteiger partial charge < -0.3 is 4.90 Å². The van der Waals surface area contributed by atoms with E-state index in [0.29, 0.717) is 6.04 Å². The minimum absolute atomic E-state index is 0.159. The number of piperazine rings is 1. The Hall–Kier alpha value is -1.89. The van der Waals surface area contributed by atoms with Gasteiger partial charge in [-0.1, -0.05) is 24.3 Å². The third-order valence-electron chi connectivity index (χ3n) is 5.24. The average Bonchev–Trinajstić information content (AvgIpc) is 2.63. The van der Waals surface area contributed by atoms with Crippen LogP contribution in [0.25, 0.3) is 0 Å². The van der Waals surface area contributed by atoms with E-state index in [1.54, 1.807) is 12.1 Å². The molecule has 0 amide bonds. The van der Waals surface area contributed by atoms with Crippen molar-refractivity contribution >= 4 is 15.7 Å². The molecular weight excluding hydrogens is 346 g/mol. The number of anilines is 1. The highest BCUT2D eigenvalue weighted by molar-refractivity contribution is 7.89. The van der Waals surface area contributed by atoms with Crippen LogP contribution in [-0.4, -0.2) is 45.5 Å². The molecule has 0 bridgehead atoms. The van der Waals surface area contributed by atoms with Gasteiger partial charge in [-0.15, -0.1) is 0 Å². The van der Waals surface area contributed by atoms with Crippen molar-refractivity contribution in [2.75, 3.05) is 31.1 Å². The van der Waals surface area contributed by atoms with Gasteiger partial charge in [0.2, 0.25) is 10.0 Å². The van der Waals surface area contributed by atoms with E-state index in [0.717, 1.165) is 38.3 Å². The number of rotatable bonds is 5. The van der Waals surface area contributed by atoms with Gasteiger partial charge in [0.15, 0.2) is 0 Å². The maximum absolute atomic E-state index is 11.4. The van der Waals surface area contributed by atoms with E-state index in [9.17, 15) is 8.42 Å². The summed E-state index contributed by atoms with van der Waals surface area (Å²) in [6.07, 6.45) is 1.07. The monoisotopic (exact) mass is 373 g/mol. The summed E-state index contributed by atoms with van der Waals surface area (Å²) in [6, 6.07) is 15.9. The Morgan fingerprint density at radius 1 is 1.00 bits per heavy atom. The van der Waals surface area contributed by atoms with Crippen LogP contribution in [0.2, 0.25) is 0 Å². The summed E-state index contributed by atoms with van der Waals surface area (Å²) in [6.45, 7) is 8.35. The Kier molecular flexibility index (Phi) is 5.65. The van der Waals surface area contributed by atoms with Crippen LogP contribution in [0.3, 0.4) is 0 Å². The lowest BCUT2D eigenvalue weighted by atomic mass is 10.0. The molecular formula is C20H27N3O2S. The maximum atomic E-state index is 11.4. The molecule has 0 aromatic heterocycles. The number of aryl methyl sites for hydroxylation is 1. The highest BCUT2D eigenvalue weighted by atomic mass is 32.2. The number of benzene rings is 2. The second-order valence-electron chi connectivity index (χ2n) is 7.04. The fourth-order valence-corrected chi connectivity index (χ4v) is 4.07. The Labute approximate surface area is 156 Å². The molecule has 0 radical (unpaired) electrons. The molecule has 1 heterocycles. The lowest BCUT2D eigenvalue weighted by Gasteiger charge is -2.39. The van der Waals surface area contributed by atoms with E-state index in [2.05, 4.69) is 47.9 Å². The summed E-state index contributed by atoms with van der Waals surface area (Å²) < 4.78 is 22.7. The molecule has 26 heavy (non-hydrogen) atoms. The van der Waals surface area contributed by atoms with Crippen molar-refractivity contribution in [3.8, 4) is 0 Å². The number of hydrogen-bond donors (Lipinski definition) is 1. The normalized spacial score (nSPS) is 17.3.